The van der Waals surface area contributed by atoms with Gasteiger partial charge in [-0.05, 0) is 30.2 Å². The van der Waals surface area contributed by atoms with Crippen LogP contribution < -0.4 is 10.1 Å². The van der Waals surface area contributed by atoms with Gasteiger partial charge in [0.05, 0.1) is 7.11 Å². The normalized spacial score (nSPS) is 11.0. The van der Waals surface area contributed by atoms with Crippen LogP contribution in [0.3, 0.4) is 0 Å². The number of methoxy groups -OCH3 is 1. The minimum Gasteiger partial charge on any atom is -0.494 e. The van der Waals surface area contributed by atoms with Crippen molar-refractivity contribution in [2.75, 3.05) is 20.7 Å². The third-order valence-electron chi connectivity index (χ3n) is 4.70. The molecule has 0 saturated carbocycles. The number of benzene rings is 2. The zero-order valence-corrected chi connectivity index (χ0v) is 20.4. The average molecular weight is 537 g/mol. The van der Waals surface area contributed by atoms with Crippen LogP contribution in [0.25, 0.3) is 0 Å². The fourth-order valence-corrected chi connectivity index (χ4v) is 3.19. The van der Waals surface area contributed by atoms with Crippen LogP contribution in [0.1, 0.15) is 23.9 Å². The van der Waals surface area contributed by atoms with E-state index in [1.54, 1.807) is 12.3 Å². The Morgan fingerprint density at radius 1 is 1.19 bits per heavy atom. The van der Waals surface area contributed by atoms with Crippen LogP contribution in [0.4, 0.5) is 4.39 Å². The number of imidazole rings is 1. The van der Waals surface area contributed by atoms with Gasteiger partial charge in [0, 0.05) is 39.1 Å². The Bertz CT molecular complexity index is 977. The molecular formula is C23H29FIN5O. The fourth-order valence-electron chi connectivity index (χ4n) is 3.19. The monoisotopic (exact) mass is 537 g/mol. The molecule has 0 atom stereocenters. The Morgan fingerprint density at radius 2 is 1.97 bits per heavy atom. The summed E-state index contributed by atoms with van der Waals surface area (Å²) < 4.78 is 21.1. The number of nitrogens with one attached hydrogen (secondary N) is 1. The van der Waals surface area contributed by atoms with E-state index in [1.165, 1.54) is 18.7 Å². The molecule has 0 fully saturated rings. The van der Waals surface area contributed by atoms with Crippen LogP contribution in [0.2, 0.25) is 0 Å². The summed E-state index contributed by atoms with van der Waals surface area (Å²) in [4.78, 5) is 11.2. The SMILES string of the molecule is CCNC(=NCc1nccn1Cc1ccccc1)N(C)Cc1ccc(OC)c(F)c1.I. The van der Waals surface area contributed by atoms with E-state index in [2.05, 4.69) is 27.0 Å². The van der Waals surface area contributed by atoms with E-state index >= 15 is 0 Å². The van der Waals surface area contributed by atoms with Crippen LogP contribution in [-0.4, -0.2) is 41.1 Å². The second kappa shape index (κ2) is 12.3. The molecule has 0 radical (unpaired) electrons. The van der Waals surface area contributed by atoms with Crippen molar-refractivity contribution in [3.8, 4) is 5.75 Å². The standard InChI is InChI=1S/C23H28FN5O.HI/c1-4-25-23(28(2)16-19-10-11-21(30-3)20(24)14-19)27-15-22-26-12-13-29(22)17-18-8-6-5-7-9-18;/h5-14H,4,15-17H2,1-3H3,(H,25,27);1H. The van der Waals surface area contributed by atoms with Crippen molar-refractivity contribution in [2.24, 2.45) is 4.99 Å². The number of ether oxygens (including phenoxy) is 1. The maximum atomic E-state index is 14.0. The molecule has 2 aromatic carbocycles. The molecule has 0 unspecified atom stereocenters. The molecule has 1 N–H and O–H groups in total. The van der Waals surface area contributed by atoms with Gasteiger partial charge in [-0.1, -0.05) is 36.4 Å². The van der Waals surface area contributed by atoms with E-state index in [0.717, 1.165) is 30.4 Å². The summed E-state index contributed by atoms with van der Waals surface area (Å²) in [7, 11) is 3.39. The van der Waals surface area contributed by atoms with Gasteiger partial charge in [-0.15, -0.1) is 24.0 Å². The van der Waals surface area contributed by atoms with Gasteiger partial charge in [-0.25, -0.2) is 14.4 Å². The summed E-state index contributed by atoms with van der Waals surface area (Å²) in [6.07, 6.45) is 3.76. The predicted molar refractivity (Wildman–Crippen MR) is 132 cm³/mol. The number of aliphatic imine (C=N–C) groups is 1. The average Bonchev–Trinajstić information content (AvgIpc) is 3.18. The molecular weight excluding hydrogens is 508 g/mol. The summed E-state index contributed by atoms with van der Waals surface area (Å²) in [6, 6.07) is 15.3. The Kier molecular flexibility index (Phi) is 9.77. The first-order valence-electron chi connectivity index (χ1n) is 9.96. The minimum absolute atomic E-state index is 0. The summed E-state index contributed by atoms with van der Waals surface area (Å²) in [5, 5.41) is 3.29. The summed E-state index contributed by atoms with van der Waals surface area (Å²) in [5.74, 6) is 1.50. The molecule has 0 aliphatic rings. The lowest BCUT2D eigenvalue weighted by atomic mass is 10.2. The molecule has 0 aliphatic carbocycles. The molecule has 31 heavy (non-hydrogen) atoms. The largest absolute Gasteiger partial charge is 0.494 e. The van der Waals surface area contributed by atoms with Crippen LogP contribution in [0.15, 0.2) is 65.9 Å². The lowest BCUT2D eigenvalue weighted by molar-refractivity contribution is 0.385. The highest BCUT2D eigenvalue weighted by molar-refractivity contribution is 14.0. The van der Waals surface area contributed by atoms with Crippen LogP contribution in [0, 0.1) is 5.82 Å². The maximum absolute atomic E-state index is 14.0. The lowest BCUT2D eigenvalue weighted by Crippen LogP contribution is -2.38. The van der Waals surface area contributed by atoms with E-state index in [1.807, 2.05) is 49.3 Å². The van der Waals surface area contributed by atoms with Crippen molar-refractivity contribution in [3.05, 3.63) is 83.7 Å². The number of hydrogen-bond acceptors (Lipinski definition) is 3. The Morgan fingerprint density at radius 3 is 2.65 bits per heavy atom. The number of rotatable bonds is 8. The molecule has 166 valence electrons. The molecule has 1 heterocycles. The summed E-state index contributed by atoms with van der Waals surface area (Å²) in [6.45, 7) is 4.48. The van der Waals surface area contributed by atoms with Gasteiger partial charge < -0.3 is 19.5 Å². The van der Waals surface area contributed by atoms with E-state index in [4.69, 9.17) is 9.73 Å². The van der Waals surface area contributed by atoms with Gasteiger partial charge >= 0.3 is 0 Å². The predicted octanol–water partition coefficient (Wildman–Crippen LogP) is 4.29. The number of aromatic nitrogens is 2. The lowest BCUT2D eigenvalue weighted by Gasteiger charge is -2.22. The van der Waals surface area contributed by atoms with E-state index in [9.17, 15) is 4.39 Å². The molecule has 6 nitrogen and oxygen atoms in total. The third kappa shape index (κ3) is 6.95. The van der Waals surface area contributed by atoms with Gasteiger partial charge in [0.2, 0.25) is 0 Å². The molecule has 0 spiro atoms. The second-order valence-electron chi connectivity index (χ2n) is 6.95. The highest BCUT2D eigenvalue weighted by Crippen LogP contribution is 2.18. The van der Waals surface area contributed by atoms with Crippen molar-refractivity contribution in [1.82, 2.24) is 19.8 Å². The summed E-state index contributed by atoms with van der Waals surface area (Å²) in [5.41, 5.74) is 2.05. The molecule has 3 rings (SSSR count). The second-order valence-corrected chi connectivity index (χ2v) is 6.95. The van der Waals surface area contributed by atoms with Crippen molar-refractivity contribution < 1.29 is 9.13 Å². The maximum Gasteiger partial charge on any atom is 0.194 e. The molecule has 3 aromatic rings. The van der Waals surface area contributed by atoms with Crippen LogP contribution in [0.5, 0.6) is 5.75 Å². The van der Waals surface area contributed by atoms with E-state index in [-0.39, 0.29) is 35.5 Å². The number of nitrogens with zero attached hydrogens (tertiary/aromatic N) is 4. The van der Waals surface area contributed by atoms with Gasteiger partial charge in [-0.3, -0.25) is 0 Å². The molecule has 8 heteroatoms. The molecule has 0 amide bonds. The Balaban J connectivity index is 0.00000341. The Labute approximate surface area is 200 Å². The quantitative estimate of drug-likeness (QED) is 0.265. The van der Waals surface area contributed by atoms with Gasteiger partial charge in [0.1, 0.15) is 12.4 Å². The first kappa shape index (κ1) is 24.6. The van der Waals surface area contributed by atoms with Gasteiger partial charge in [0.25, 0.3) is 0 Å². The highest BCUT2D eigenvalue weighted by Gasteiger charge is 2.10. The highest BCUT2D eigenvalue weighted by atomic mass is 127. The molecule has 0 saturated heterocycles. The van der Waals surface area contributed by atoms with Crippen molar-refractivity contribution in [3.63, 3.8) is 0 Å². The number of hydrogen-bond donors (Lipinski definition) is 1. The fraction of sp³-hybridized carbons (Fsp3) is 0.304. The third-order valence-corrected chi connectivity index (χ3v) is 4.70. The van der Waals surface area contributed by atoms with Crippen LogP contribution >= 0.6 is 24.0 Å². The van der Waals surface area contributed by atoms with E-state index < -0.39 is 0 Å². The van der Waals surface area contributed by atoms with Crippen molar-refractivity contribution in [1.29, 1.82) is 0 Å². The minimum atomic E-state index is -0.367. The van der Waals surface area contributed by atoms with Crippen molar-refractivity contribution in [2.45, 2.75) is 26.6 Å². The first-order chi connectivity index (χ1) is 14.6. The first-order valence-corrected chi connectivity index (χ1v) is 9.96. The smallest absolute Gasteiger partial charge is 0.194 e. The van der Waals surface area contributed by atoms with Crippen molar-refractivity contribution >= 4 is 29.9 Å². The zero-order valence-electron chi connectivity index (χ0n) is 18.1. The van der Waals surface area contributed by atoms with Gasteiger partial charge in [-0.2, -0.15) is 0 Å². The number of guanidine groups is 1. The van der Waals surface area contributed by atoms with Gasteiger partial charge in [0.15, 0.2) is 17.5 Å². The molecule has 0 bridgehead atoms. The Hall–Kier alpha value is -2.62. The van der Waals surface area contributed by atoms with Crippen LogP contribution in [-0.2, 0) is 19.6 Å². The zero-order chi connectivity index (χ0) is 21.3. The topological polar surface area (TPSA) is 54.7 Å². The summed E-state index contributed by atoms with van der Waals surface area (Å²) >= 11 is 0. The molecule has 1 aromatic heterocycles. The number of halogens is 2. The van der Waals surface area contributed by atoms with E-state index in [0.29, 0.717) is 13.1 Å². The molecule has 0 aliphatic heterocycles.